The molecular weight excluding hydrogens is 95.1 g/mol. The molecule has 0 atom stereocenters. The van der Waals surface area contributed by atoms with E-state index in [0.717, 1.165) is 0 Å². The van der Waals surface area contributed by atoms with Crippen molar-refractivity contribution in [3.8, 4) is 0 Å². The summed E-state index contributed by atoms with van der Waals surface area (Å²) in [6, 6.07) is 0. The Hall–Kier alpha value is 0.907. The van der Waals surface area contributed by atoms with Gasteiger partial charge in [0, 0.05) is 0 Å². The summed E-state index contributed by atoms with van der Waals surface area (Å²) >= 11 is 8.70. The zero-order chi connectivity index (χ0) is 3.58. The second-order valence-electron chi connectivity index (χ2n) is 0.492. The molecule has 0 spiro atoms. The van der Waals surface area contributed by atoms with Crippen molar-refractivity contribution in [1.29, 1.82) is 0 Å². The first kappa shape index (κ1) is 9.32. The van der Waals surface area contributed by atoms with Gasteiger partial charge in [0.05, 0.1) is 0 Å². The Morgan fingerprint density at radius 2 is 1.80 bits per heavy atom. The standard InChI is InChI=1S/C2H4S2.Li/c1-2(3)4;/h1H3,(H,3,4);/q;+1/p-1. The van der Waals surface area contributed by atoms with Crippen molar-refractivity contribution < 1.29 is 18.9 Å². The Morgan fingerprint density at radius 1 is 1.80 bits per heavy atom. The van der Waals surface area contributed by atoms with Gasteiger partial charge in [-0.15, -0.1) is 0 Å². The van der Waals surface area contributed by atoms with E-state index >= 15 is 0 Å². The van der Waals surface area contributed by atoms with Crippen LogP contribution in [0.25, 0.3) is 0 Å². The van der Waals surface area contributed by atoms with E-state index in [1.807, 2.05) is 0 Å². The van der Waals surface area contributed by atoms with Crippen molar-refractivity contribution in [3.63, 3.8) is 0 Å². The number of rotatable bonds is 0. The van der Waals surface area contributed by atoms with Gasteiger partial charge in [0.25, 0.3) is 0 Å². The minimum absolute atomic E-state index is 0. The van der Waals surface area contributed by atoms with Gasteiger partial charge in [0.2, 0.25) is 0 Å². The van der Waals surface area contributed by atoms with Crippen molar-refractivity contribution in [2.75, 3.05) is 0 Å². The zero-order valence-corrected chi connectivity index (χ0v) is 4.95. The summed E-state index contributed by atoms with van der Waals surface area (Å²) in [4.78, 5) is 0. The number of hydrogen-bond donors (Lipinski definition) is 0. The molecule has 0 N–H and O–H groups in total. The second-order valence-corrected chi connectivity index (χ2v) is 1.97. The molecule has 0 heterocycles. The minimum atomic E-state index is 0. The fourth-order valence-corrected chi connectivity index (χ4v) is 0. The van der Waals surface area contributed by atoms with Gasteiger partial charge in [-0.3, -0.25) is 0 Å². The summed E-state index contributed by atoms with van der Waals surface area (Å²) in [5.74, 6) is 0. The van der Waals surface area contributed by atoms with E-state index < -0.39 is 0 Å². The maximum absolute atomic E-state index is 4.35. The maximum atomic E-state index is 4.35. The van der Waals surface area contributed by atoms with Gasteiger partial charge in [-0.1, -0.05) is 6.92 Å². The van der Waals surface area contributed by atoms with Crippen molar-refractivity contribution in [2.24, 2.45) is 0 Å². The molecular formula is C2H3LiS2. The molecule has 3 heteroatoms. The Kier molecular flexibility index (Phi) is 9.15. The summed E-state index contributed by atoms with van der Waals surface area (Å²) in [5.41, 5.74) is 0. The summed E-state index contributed by atoms with van der Waals surface area (Å²) in [5, 5.41) is 0. The Labute approximate surface area is 54.9 Å². The van der Waals surface area contributed by atoms with Crippen molar-refractivity contribution in [1.82, 2.24) is 0 Å². The molecule has 0 aromatic heterocycles. The third-order valence-corrected chi connectivity index (χ3v) is 0. The minimum Gasteiger partial charge on any atom is -0.433 e. The maximum Gasteiger partial charge on any atom is 1.00 e. The Bertz CT molecular complexity index is 30.6. The zero-order valence-electron chi connectivity index (χ0n) is 3.32. The van der Waals surface area contributed by atoms with E-state index in [2.05, 4.69) is 24.8 Å². The van der Waals surface area contributed by atoms with E-state index in [-0.39, 0.29) is 18.9 Å². The molecule has 0 saturated carbocycles. The van der Waals surface area contributed by atoms with Crippen molar-refractivity contribution in [3.05, 3.63) is 0 Å². The van der Waals surface area contributed by atoms with Crippen LogP contribution in [-0.4, -0.2) is 4.20 Å². The van der Waals surface area contributed by atoms with Crippen LogP contribution < -0.4 is 18.9 Å². The summed E-state index contributed by atoms with van der Waals surface area (Å²) in [6.45, 7) is 1.71. The van der Waals surface area contributed by atoms with Crippen LogP contribution in [0, 0.1) is 0 Å². The molecule has 0 unspecified atom stereocenters. The first-order valence-corrected chi connectivity index (χ1v) is 1.72. The van der Waals surface area contributed by atoms with E-state index in [1.165, 1.54) is 0 Å². The monoisotopic (exact) mass is 98.0 g/mol. The average Bonchev–Trinajstić information content (AvgIpc) is 0.811. The second kappa shape index (κ2) is 4.91. The smallest absolute Gasteiger partial charge is 0.433 e. The van der Waals surface area contributed by atoms with Crippen LogP contribution in [0.2, 0.25) is 0 Å². The third kappa shape index (κ3) is 50.4. The van der Waals surface area contributed by atoms with Gasteiger partial charge in [0.15, 0.2) is 0 Å². The SMILES string of the molecule is CC(=S)[S-].[Li+]. The van der Waals surface area contributed by atoms with Gasteiger partial charge in [-0.2, -0.15) is 4.20 Å². The largest absolute Gasteiger partial charge is 1.00 e. The molecule has 0 aromatic carbocycles. The number of thiocarbonyl (C=S) groups is 1. The molecule has 0 radical (unpaired) electrons. The topological polar surface area (TPSA) is 0 Å². The molecule has 0 bridgehead atoms. The predicted molar refractivity (Wildman–Crippen MR) is 25.6 cm³/mol. The van der Waals surface area contributed by atoms with Gasteiger partial charge < -0.3 is 24.8 Å². The van der Waals surface area contributed by atoms with Gasteiger partial charge >= 0.3 is 18.9 Å². The van der Waals surface area contributed by atoms with Gasteiger partial charge in [0.1, 0.15) is 0 Å². The van der Waals surface area contributed by atoms with Crippen LogP contribution in [0.5, 0.6) is 0 Å². The summed E-state index contributed by atoms with van der Waals surface area (Å²) in [6.07, 6.45) is 0. The van der Waals surface area contributed by atoms with Gasteiger partial charge in [-0.05, 0) is 0 Å². The molecule has 0 aromatic rings. The fraction of sp³-hybridized carbons (Fsp3) is 0.500. The van der Waals surface area contributed by atoms with Crippen LogP contribution in [0.15, 0.2) is 0 Å². The van der Waals surface area contributed by atoms with E-state index in [0.29, 0.717) is 4.20 Å². The summed E-state index contributed by atoms with van der Waals surface area (Å²) in [7, 11) is 0. The normalized spacial score (nSPS) is 5.00. The first-order valence-electron chi connectivity index (χ1n) is 0.908. The van der Waals surface area contributed by atoms with Crippen LogP contribution in [0.1, 0.15) is 6.92 Å². The molecule has 5 heavy (non-hydrogen) atoms. The van der Waals surface area contributed by atoms with Crippen molar-refractivity contribution in [2.45, 2.75) is 6.92 Å². The Balaban J connectivity index is 0. The van der Waals surface area contributed by atoms with Crippen LogP contribution in [-0.2, 0) is 12.6 Å². The molecule has 0 aliphatic rings. The molecule has 0 rings (SSSR count). The first-order chi connectivity index (χ1) is 1.73. The molecule has 0 saturated heterocycles. The molecule has 0 fully saturated rings. The average molecular weight is 98.1 g/mol. The molecule has 0 aliphatic heterocycles. The van der Waals surface area contributed by atoms with Crippen LogP contribution >= 0.6 is 12.2 Å². The van der Waals surface area contributed by atoms with E-state index in [1.54, 1.807) is 6.92 Å². The van der Waals surface area contributed by atoms with E-state index in [4.69, 9.17) is 0 Å². The van der Waals surface area contributed by atoms with Gasteiger partial charge in [-0.25, -0.2) is 0 Å². The predicted octanol–water partition coefficient (Wildman–Crippen LogP) is -2.12. The molecule has 0 nitrogen and oxygen atoms in total. The Morgan fingerprint density at radius 3 is 1.80 bits per heavy atom. The third-order valence-electron chi connectivity index (χ3n) is 0. The summed E-state index contributed by atoms with van der Waals surface area (Å²) < 4.78 is 0.583. The van der Waals surface area contributed by atoms with Crippen molar-refractivity contribution >= 4 is 29.0 Å². The number of hydrogen-bond acceptors (Lipinski definition) is 2. The van der Waals surface area contributed by atoms with E-state index in [9.17, 15) is 0 Å². The van der Waals surface area contributed by atoms with Crippen LogP contribution in [0.4, 0.5) is 0 Å². The fourth-order valence-electron chi connectivity index (χ4n) is 0. The molecule has 24 valence electrons. The van der Waals surface area contributed by atoms with Crippen LogP contribution in [0.3, 0.4) is 0 Å². The molecule has 0 amide bonds. The quantitative estimate of drug-likeness (QED) is 0.193. The molecule has 0 aliphatic carbocycles.